The molecule has 4 heteroatoms. The van der Waals surface area contributed by atoms with Crippen molar-refractivity contribution in [2.24, 2.45) is 5.92 Å². The number of carbonyl (C=O) groups excluding carboxylic acids is 2. The summed E-state index contributed by atoms with van der Waals surface area (Å²) in [6, 6.07) is 0. The molecule has 0 radical (unpaired) electrons. The van der Waals surface area contributed by atoms with Crippen LogP contribution in [-0.4, -0.2) is 25.2 Å². The van der Waals surface area contributed by atoms with Crippen LogP contribution >= 0.6 is 0 Å². The number of carbonyl (C=O) groups is 2. The standard InChI is InChI=1S/C32H58O4/c1-3-5-7-9-11-13-15-17-19-23-27-35-31(33)29-25-21-22-26-30(29)32(34)36-28-24-20-18-16-14-12-10-8-6-4-2/h25,30H,3-24,26-28H2,1-2H3. The van der Waals surface area contributed by atoms with E-state index in [1.165, 1.54) is 103 Å². The number of unbranched alkanes of at least 4 members (excludes halogenated alkanes) is 18. The Kier molecular flexibility index (Phi) is 21.8. The smallest absolute Gasteiger partial charge is 0.334 e. The molecule has 0 amide bonds. The Morgan fingerprint density at radius 3 is 1.53 bits per heavy atom. The first-order valence-corrected chi connectivity index (χ1v) is 15.7. The monoisotopic (exact) mass is 506 g/mol. The predicted molar refractivity (Wildman–Crippen MR) is 151 cm³/mol. The highest BCUT2D eigenvalue weighted by atomic mass is 16.5. The average Bonchev–Trinajstić information content (AvgIpc) is 2.90. The van der Waals surface area contributed by atoms with E-state index in [-0.39, 0.29) is 11.9 Å². The van der Waals surface area contributed by atoms with Gasteiger partial charge in [-0.1, -0.05) is 135 Å². The topological polar surface area (TPSA) is 52.6 Å². The van der Waals surface area contributed by atoms with E-state index in [0.29, 0.717) is 25.2 Å². The van der Waals surface area contributed by atoms with Gasteiger partial charge in [0, 0.05) is 5.57 Å². The van der Waals surface area contributed by atoms with Crippen molar-refractivity contribution in [1.29, 1.82) is 0 Å². The van der Waals surface area contributed by atoms with Gasteiger partial charge in [0.1, 0.15) is 0 Å². The van der Waals surface area contributed by atoms with Crippen molar-refractivity contribution < 1.29 is 19.1 Å². The SMILES string of the molecule is CCCCCCCCCCCCOC(=O)C1=CCCCC1C(=O)OCCCCCCCCCCCC. The summed E-state index contributed by atoms with van der Waals surface area (Å²) in [4.78, 5) is 25.3. The van der Waals surface area contributed by atoms with E-state index in [4.69, 9.17) is 9.47 Å². The molecule has 36 heavy (non-hydrogen) atoms. The van der Waals surface area contributed by atoms with Crippen LogP contribution in [0.15, 0.2) is 11.6 Å². The third kappa shape index (κ3) is 17.2. The summed E-state index contributed by atoms with van der Waals surface area (Å²) in [6.45, 7) is 5.42. The zero-order chi connectivity index (χ0) is 26.1. The van der Waals surface area contributed by atoms with Gasteiger partial charge in [0.05, 0.1) is 19.1 Å². The zero-order valence-electron chi connectivity index (χ0n) is 24.0. The lowest BCUT2D eigenvalue weighted by molar-refractivity contribution is -0.151. The van der Waals surface area contributed by atoms with Crippen molar-refractivity contribution in [3.63, 3.8) is 0 Å². The van der Waals surface area contributed by atoms with Crippen LogP contribution in [0.4, 0.5) is 0 Å². The lowest BCUT2D eigenvalue weighted by atomic mass is 9.87. The third-order valence-corrected chi connectivity index (χ3v) is 7.43. The molecule has 4 nitrogen and oxygen atoms in total. The fourth-order valence-electron chi connectivity index (χ4n) is 5.05. The molecule has 0 saturated carbocycles. The van der Waals surface area contributed by atoms with E-state index in [9.17, 15) is 9.59 Å². The summed E-state index contributed by atoms with van der Waals surface area (Å²) in [5.74, 6) is -0.999. The highest BCUT2D eigenvalue weighted by Crippen LogP contribution is 2.27. The molecule has 1 aliphatic carbocycles. The number of rotatable bonds is 24. The van der Waals surface area contributed by atoms with Gasteiger partial charge in [0.25, 0.3) is 0 Å². The summed E-state index contributed by atoms with van der Waals surface area (Å²) in [7, 11) is 0. The molecule has 1 atom stereocenters. The highest BCUT2D eigenvalue weighted by molar-refractivity contribution is 5.95. The molecule has 0 saturated heterocycles. The van der Waals surface area contributed by atoms with Gasteiger partial charge in [-0.2, -0.15) is 0 Å². The fourth-order valence-corrected chi connectivity index (χ4v) is 5.05. The second-order valence-electron chi connectivity index (χ2n) is 10.8. The molecule has 1 rings (SSSR count). The van der Waals surface area contributed by atoms with Crippen LogP contribution in [-0.2, 0) is 19.1 Å². The van der Waals surface area contributed by atoms with Gasteiger partial charge in [-0.05, 0) is 32.1 Å². The minimum atomic E-state index is -0.443. The Bertz CT molecular complexity index is 569. The van der Waals surface area contributed by atoms with Gasteiger partial charge in [-0.3, -0.25) is 4.79 Å². The van der Waals surface area contributed by atoms with Gasteiger partial charge >= 0.3 is 11.9 Å². The first kappa shape index (κ1) is 32.7. The zero-order valence-corrected chi connectivity index (χ0v) is 24.0. The first-order valence-electron chi connectivity index (χ1n) is 15.7. The molecule has 210 valence electrons. The quantitative estimate of drug-likeness (QED) is 0.0965. The molecular formula is C32H58O4. The lowest BCUT2D eigenvalue weighted by Crippen LogP contribution is -2.27. The summed E-state index contributed by atoms with van der Waals surface area (Å²) in [5, 5.41) is 0. The number of hydrogen-bond acceptors (Lipinski definition) is 4. The minimum Gasteiger partial charge on any atom is -0.465 e. The third-order valence-electron chi connectivity index (χ3n) is 7.43. The molecule has 0 aromatic carbocycles. The van der Waals surface area contributed by atoms with Crippen molar-refractivity contribution in [3.05, 3.63) is 11.6 Å². The molecule has 0 aromatic rings. The maximum absolute atomic E-state index is 12.7. The average molecular weight is 507 g/mol. The van der Waals surface area contributed by atoms with Crippen LogP contribution in [0.25, 0.3) is 0 Å². The molecule has 0 aromatic heterocycles. The summed E-state index contributed by atoms with van der Waals surface area (Å²) in [6.07, 6.45) is 29.5. The van der Waals surface area contributed by atoms with E-state index >= 15 is 0 Å². The van der Waals surface area contributed by atoms with Crippen molar-refractivity contribution >= 4 is 11.9 Å². The molecule has 0 spiro atoms. The van der Waals surface area contributed by atoms with Crippen LogP contribution in [0.5, 0.6) is 0 Å². The molecule has 0 bridgehead atoms. The Morgan fingerprint density at radius 1 is 0.639 bits per heavy atom. The predicted octanol–water partition coefficient (Wildman–Crippen LogP) is 9.64. The van der Waals surface area contributed by atoms with E-state index in [2.05, 4.69) is 13.8 Å². The van der Waals surface area contributed by atoms with Crippen LogP contribution in [0.3, 0.4) is 0 Å². The Hall–Kier alpha value is -1.32. The van der Waals surface area contributed by atoms with Gasteiger partial charge in [0.15, 0.2) is 0 Å². The number of esters is 2. The minimum absolute atomic E-state index is 0.243. The summed E-state index contributed by atoms with van der Waals surface area (Å²) in [5.41, 5.74) is 0.529. The van der Waals surface area contributed by atoms with Crippen LogP contribution in [0.1, 0.15) is 162 Å². The van der Waals surface area contributed by atoms with E-state index < -0.39 is 5.92 Å². The summed E-state index contributed by atoms with van der Waals surface area (Å²) < 4.78 is 11.1. The fraction of sp³-hybridized carbons (Fsp3) is 0.875. The normalized spacial score (nSPS) is 15.5. The Balaban J connectivity index is 2.10. The molecule has 1 aliphatic rings. The van der Waals surface area contributed by atoms with Crippen molar-refractivity contribution in [1.82, 2.24) is 0 Å². The maximum atomic E-state index is 12.7. The number of allylic oxidation sites excluding steroid dienone is 1. The van der Waals surface area contributed by atoms with Gasteiger partial charge in [-0.15, -0.1) is 0 Å². The van der Waals surface area contributed by atoms with Crippen LogP contribution in [0, 0.1) is 5.92 Å². The molecule has 0 N–H and O–H groups in total. The maximum Gasteiger partial charge on any atom is 0.334 e. The second kappa shape index (κ2) is 24.0. The molecule has 0 aliphatic heterocycles. The van der Waals surface area contributed by atoms with E-state index in [0.717, 1.165) is 38.5 Å². The lowest BCUT2D eigenvalue weighted by Gasteiger charge is -2.21. The molecule has 0 fully saturated rings. The van der Waals surface area contributed by atoms with E-state index in [1.54, 1.807) is 0 Å². The molecule has 0 heterocycles. The van der Waals surface area contributed by atoms with Gasteiger partial charge in [-0.25, -0.2) is 4.79 Å². The van der Waals surface area contributed by atoms with Crippen molar-refractivity contribution in [2.75, 3.05) is 13.2 Å². The summed E-state index contributed by atoms with van der Waals surface area (Å²) >= 11 is 0. The van der Waals surface area contributed by atoms with E-state index in [1.807, 2.05) is 6.08 Å². The van der Waals surface area contributed by atoms with Crippen LogP contribution in [0.2, 0.25) is 0 Å². The number of hydrogen-bond donors (Lipinski definition) is 0. The van der Waals surface area contributed by atoms with Crippen LogP contribution < -0.4 is 0 Å². The highest BCUT2D eigenvalue weighted by Gasteiger charge is 2.31. The van der Waals surface area contributed by atoms with Gasteiger partial charge in [0.2, 0.25) is 0 Å². The second-order valence-corrected chi connectivity index (χ2v) is 10.8. The van der Waals surface area contributed by atoms with Crippen molar-refractivity contribution in [3.8, 4) is 0 Å². The molecule has 1 unspecified atom stereocenters. The van der Waals surface area contributed by atoms with Gasteiger partial charge < -0.3 is 9.47 Å². The molecular weight excluding hydrogens is 448 g/mol. The Labute approximate surface area is 223 Å². The largest absolute Gasteiger partial charge is 0.465 e. The number of ether oxygens (including phenoxy) is 2. The van der Waals surface area contributed by atoms with Crippen molar-refractivity contribution in [2.45, 2.75) is 162 Å². The first-order chi connectivity index (χ1) is 17.7. The Morgan fingerprint density at radius 2 is 1.06 bits per heavy atom.